The van der Waals surface area contributed by atoms with Crippen molar-refractivity contribution in [2.45, 2.75) is 38.7 Å². The van der Waals surface area contributed by atoms with Gasteiger partial charge in [0.25, 0.3) is 0 Å². The molecule has 1 saturated carbocycles. The third-order valence-corrected chi connectivity index (χ3v) is 7.23. The molecular formula is C21H22O5. The molecule has 0 N–H and O–H groups in total. The average molecular weight is 354 g/mol. The molecule has 5 nitrogen and oxygen atoms in total. The lowest BCUT2D eigenvalue weighted by Crippen LogP contribution is -2.59. The number of hydrogen-bond acceptors (Lipinski definition) is 5. The molecule has 2 aliphatic heterocycles. The second kappa shape index (κ2) is 4.90. The first-order valence-corrected chi connectivity index (χ1v) is 9.21. The minimum atomic E-state index is -0.730. The van der Waals surface area contributed by atoms with E-state index in [1.165, 1.54) is 0 Å². The second-order valence-corrected chi connectivity index (χ2v) is 8.61. The molecule has 0 amide bonds. The summed E-state index contributed by atoms with van der Waals surface area (Å²) >= 11 is 0. The summed E-state index contributed by atoms with van der Waals surface area (Å²) in [5.74, 6) is -0.457. The maximum atomic E-state index is 13.0. The van der Waals surface area contributed by atoms with Crippen LogP contribution in [-0.4, -0.2) is 18.5 Å². The predicted octanol–water partition coefficient (Wildman–Crippen LogP) is 3.51. The number of carbonyl (C=O) groups excluding carboxylic acids is 2. The molecule has 1 aromatic rings. The van der Waals surface area contributed by atoms with Crippen LogP contribution in [0.25, 0.3) is 0 Å². The molecule has 1 aromatic heterocycles. The molecule has 3 heterocycles. The van der Waals surface area contributed by atoms with E-state index in [-0.39, 0.29) is 34.6 Å². The van der Waals surface area contributed by atoms with E-state index in [2.05, 4.69) is 13.0 Å². The molecular weight excluding hydrogens is 332 g/mol. The number of cyclic esters (lactones) is 2. The smallest absolute Gasteiger partial charge is 0.334 e. The van der Waals surface area contributed by atoms with Gasteiger partial charge in [0.2, 0.25) is 0 Å². The molecule has 5 rings (SSSR count). The van der Waals surface area contributed by atoms with E-state index in [0.29, 0.717) is 13.0 Å². The van der Waals surface area contributed by atoms with Gasteiger partial charge in [-0.1, -0.05) is 25.2 Å². The second-order valence-electron chi connectivity index (χ2n) is 8.61. The van der Waals surface area contributed by atoms with Gasteiger partial charge in [0.05, 0.1) is 18.4 Å². The molecule has 26 heavy (non-hydrogen) atoms. The quantitative estimate of drug-likeness (QED) is 0.722. The number of rotatable bonds is 1. The van der Waals surface area contributed by atoms with Crippen molar-refractivity contribution in [3.05, 3.63) is 48.0 Å². The molecule has 3 fully saturated rings. The molecule has 0 bridgehead atoms. The molecule has 0 unspecified atom stereocenters. The fraction of sp³-hybridized carbons (Fsp3) is 0.524. The fourth-order valence-corrected chi connectivity index (χ4v) is 6.06. The van der Waals surface area contributed by atoms with Gasteiger partial charge < -0.3 is 13.9 Å². The minimum Gasteiger partial charge on any atom is -0.472 e. The molecule has 1 spiro atoms. The van der Waals surface area contributed by atoms with Crippen molar-refractivity contribution in [2.75, 3.05) is 6.61 Å². The Hall–Kier alpha value is -2.30. The third-order valence-electron chi connectivity index (χ3n) is 7.23. The molecule has 5 atom stereocenters. The van der Waals surface area contributed by atoms with Gasteiger partial charge in [0.15, 0.2) is 0 Å². The Balaban J connectivity index is 1.62. The van der Waals surface area contributed by atoms with Crippen molar-refractivity contribution < 1.29 is 23.5 Å². The van der Waals surface area contributed by atoms with Crippen molar-refractivity contribution in [3.63, 3.8) is 0 Å². The van der Waals surface area contributed by atoms with E-state index < -0.39 is 5.60 Å². The Morgan fingerprint density at radius 3 is 2.85 bits per heavy atom. The summed E-state index contributed by atoms with van der Waals surface area (Å²) in [6.07, 6.45) is 11.5. The lowest BCUT2D eigenvalue weighted by Gasteiger charge is -2.59. The summed E-state index contributed by atoms with van der Waals surface area (Å²) in [5, 5.41) is 0. The van der Waals surface area contributed by atoms with E-state index in [9.17, 15) is 9.59 Å². The van der Waals surface area contributed by atoms with Crippen molar-refractivity contribution in [2.24, 2.45) is 22.7 Å². The molecule has 0 radical (unpaired) electrons. The highest BCUT2D eigenvalue weighted by atomic mass is 16.6. The first kappa shape index (κ1) is 15.9. The Morgan fingerprint density at radius 2 is 2.08 bits per heavy atom. The number of ether oxygens (including phenoxy) is 2. The van der Waals surface area contributed by atoms with E-state index in [1.54, 1.807) is 12.5 Å². The summed E-state index contributed by atoms with van der Waals surface area (Å²) in [7, 11) is 0. The van der Waals surface area contributed by atoms with Gasteiger partial charge in [-0.25, -0.2) is 4.79 Å². The van der Waals surface area contributed by atoms with Gasteiger partial charge in [0.1, 0.15) is 12.2 Å². The number of esters is 2. The van der Waals surface area contributed by atoms with Crippen molar-refractivity contribution in [1.82, 2.24) is 0 Å². The Labute approximate surface area is 152 Å². The topological polar surface area (TPSA) is 65.7 Å². The molecule has 136 valence electrons. The number of carbonyl (C=O) groups is 2. The number of furan rings is 1. The van der Waals surface area contributed by atoms with E-state index in [1.807, 2.05) is 25.1 Å². The molecule has 5 heteroatoms. The third kappa shape index (κ3) is 1.81. The SMILES string of the molecule is C[C@]12C[C@](C)(c3ccoc3)OC(=O)[C@H]1CC[C@@]13COC(=O)C1=CC=C[C@H]32. The first-order chi connectivity index (χ1) is 12.4. The first-order valence-electron chi connectivity index (χ1n) is 9.21. The molecule has 2 aliphatic carbocycles. The lowest BCUT2D eigenvalue weighted by atomic mass is 9.46. The molecule has 2 saturated heterocycles. The highest BCUT2D eigenvalue weighted by Crippen LogP contribution is 2.65. The summed E-state index contributed by atoms with van der Waals surface area (Å²) in [4.78, 5) is 25.3. The largest absolute Gasteiger partial charge is 0.472 e. The zero-order chi connectivity index (χ0) is 18.2. The van der Waals surface area contributed by atoms with Crippen LogP contribution in [0.4, 0.5) is 0 Å². The van der Waals surface area contributed by atoms with Crippen LogP contribution >= 0.6 is 0 Å². The summed E-state index contributed by atoms with van der Waals surface area (Å²) in [5.41, 5.74) is 0.287. The van der Waals surface area contributed by atoms with Crippen LogP contribution in [0.5, 0.6) is 0 Å². The maximum Gasteiger partial charge on any atom is 0.334 e. The van der Waals surface area contributed by atoms with Crippen molar-refractivity contribution in [3.8, 4) is 0 Å². The number of fused-ring (bicyclic) bond motifs is 2. The van der Waals surface area contributed by atoms with Crippen molar-refractivity contribution >= 4 is 11.9 Å². The van der Waals surface area contributed by atoms with Gasteiger partial charge >= 0.3 is 11.9 Å². The van der Waals surface area contributed by atoms with Crippen LogP contribution < -0.4 is 0 Å². The van der Waals surface area contributed by atoms with Crippen LogP contribution in [0.2, 0.25) is 0 Å². The molecule has 4 aliphatic rings. The summed E-state index contributed by atoms with van der Waals surface area (Å²) in [6, 6.07) is 1.86. The normalized spacial score (nSPS) is 43.7. The van der Waals surface area contributed by atoms with E-state index in [0.717, 1.165) is 24.0 Å². The van der Waals surface area contributed by atoms with Crippen molar-refractivity contribution in [1.29, 1.82) is 0 Å². The summed E-state index contributed by atoms with van der Waals surface area (Å²) < 4.78 is 16.6. The van der Waals surface area contributed by atoms with E-state index in [4.69, 9.17) is 13.9 Å². The lowest BCUT2D eigenvalue weighted by molar-refractivity contribution is -0.205. The van der Waals surface area contributed by atoms with Crippen LogP contribution in [0.1, 0.15) is 38.7 Å². The predicted molar refractivity (Wildman–Crippen MR) is 91.7 cm³/mol. The Bertz CT molecular complexity index is 850. The Morgan fingerprint density at radius 1 is 1.23 bits per heavy atom. The molecule has 0 aromatic carbocycles. The number of hydrogen-bond donors (Lipinski definition) is 0. The highest BCUT2D eigenvalue weighted by Gasteiger charge is 2.66. The van der Waals surface area contributed by atoms with Crippen LogP contribution in [0.15, 0.2) is 46.8 Å². The summed E-state index contributed by atoms with van der Waals surface area (Å²) in [6.45, 7) is 4.54. The highest BCUT2D eigenvalue weighted by molar-refractivity contribution is 5.93. The standard InChI is InChI=1S/C21H22O5/c1-19-11-20(2,13-7-9-24-10-13)26-18(23)14(19)6-8-21-12-25-17(22)15(21)4-3-5-16(19)21/h3-5,7,9-10,14,16H,6,8,11-12H2,1-2H3/t14-,16+,19+,20-,21-/m1/s1. The van der Waals surface area contributed by atoms with Crippen LogP contribution in [0, 0.1) is 22.7 Å². The van der Waals surface area contributed by atoms with Gasteiger partial charge in [-0.3, -0.25) is 4.79 Å². The monoisotopic (exact) mass is 354 g/mol. The van der Waals surface area contributed by atoms with Gasteiger partial charge in [0, 0.05) is 16.6 Å². The van der Waals surface area contributed by atoms with Gasteiger partial charge in [-0.15, -0.1) is 0 Å². The fourth-order valence-electron chi connectivity index (χ4n) is 6.06. The Kier molecular flexibility index (Phi) is 3.00. The zero-order valence-corrected chi connectivity index (χ0v) is 15.0. The van der Waals surface area contributed by atoms with Gasteiger partial charge in [-0.2, -0.15) is 0 Å². The average Bonchev–Trinajstić information content (AvgIpc) is 3.23. The van der Waals surface area contributed by atoms with E-state index >= 15 is 0 Å². The van der Waals surface area contributed by atoms with Crippen LogP contribution in [-0.2, 0) is 24.7 Å². The van der Waals surface area contributed by atoms with Crippen LogP contribution in [0.3, 0.4) is 0 Å². The van der Waals surface area contributed by atoms with Gasteiger partial charge in [-0.05, 0) is 43.6 Å². The number of allylic oxidation sites excluding steroid dienone is 3. The zero-order valence-electron chi connectivity index (χ0n) is 15.0. The maximum absolute atomic E-state index is 13.0. The minimum absolute atomic E-state index is 0.0688.